The van der Waals surface area contributed by atoms with Crippen molar-refractivity contribution in [1.82, 2.24) is 0 Å². The van der Waals surface area contributed by atoms with E-state index < -0.39 is 21.7 Å². The summed E-state index contributed by atoms with van der Waals surface area (Å²) in [7, 11) is -2.72. The van der Waals surface area contributed by atoms with Crippen LogP contribution in [0.1, 0.15) is 19.3 Å². The number of terminal acetylenes is 1. The van der Waals surface area contributed by atoms with Gasteiger partial charge in [-0.25, -0.2) is 4.21 Å². The monoisotopic (exact) mass is 232 g/mol. The zero-order valence-electron chi connectivity index (χ0n) is 8.44. The number of hydrogen-bond acceptors (Lipinski definition) is 4. The van der Waals surface area contributed by atoms with Crippen LogP contribution in [0, 0.1) is 17.1 Å². The van der Waals surface area contributed by atoms with E-state index in [9.17, 15) is 9.00 Å². The van der Waals surface area contributed by atoms with Crippen molar-refractivity contribution in [3.05, 3.63) is 0 Å². The molecule has 0 aliphatic heterocycles. The maximum absolute atomic E-state index is 11.5. The quantitative estimate of drug-likeness (QED) is 0.432. The minimum atomic E-state index is -2.72. The second-order valence-electron chi connectivity index (χ2n) is 3.26. The van der Waals surface area contributed by atoms with Gasteiger partial charge in [0.2, 0.25) is 0 Å². The highest BCUT2D eigenvalue weighted by Gasteiger charge is 2.14. The lowest BCUT2D eigenvalue weighted by molar-refractivity contribution is -0.138. The minimum Gasteiger partial charge on any atom is -0.480 e. The fourth-order valence-corrected chi connectivity index (χ4v) is 2.40. The summed E-state index contributed by atoms with van der Waals surface area (Å²) in [6.07, 6.45) is 6.10. The molecule has 0 aliphatic rings. The van der Waals surface area contributed by atoms with Crippen LogP contribution in [0.15, 0.2) is 0 Å². The lowest BCUT2D eigenvalue weighted by Crippen LogP contribution is -2.32. The van der Waals surface area contributed by atoms with Gasteiger partial charge in [-0.3, -0.25) is 9.57 Å². The zero-order valence-corrected chi connectivity index (χ0v) is 9.26. The van der Waals surface area contributed by atoms with Crippen LogP contribution in [0.5, 0.6) is 0 Å². The van der Waals surface area contributed by atoms with Gasteiger partial charge in [-0.2, -0.15) is 0 Å². The zero-order chi connectivity index (χ0) is 11.9. The summed E-state index contributed by atoms with van der Waals surface area (Å²) < 4.78 is 19.0. The molecule has 5 nitrogen and oxygen atoms in total. The van der Waals surface area contributed by atoms with Crippen LogP contribution in [0.25, 0.3) is 0 Å². The molecule has 0 aromatic heterocycles. The van der Waals surface area contributed by atoms with E-state index in [1.165, 1.54) is 0 Å². The molecule has 0 saturated carbocycles. The Bertz CT molecular complexity index is 343. The fourth-order valence-electron chi connectivity index (χ4n) is 0.950. The third-order valence-corrected chi connectivity index (χ3v) is 3.71. The smallest absolute Gasteiger partial charge is 0.320 e. The first-order chi connectivity index (χ1) is 6.89. The van der Waals surface area contributed by atoms with E-state index in [0.717, 1.165) is 0 Å². The van der Waals surface area contributed by atoms with E-state index in [2.05, 4.69) is 5.92 Å². The number of unbranched alkanes of at least 4 members (excludes halogenated alkanes) is 1. The molecular formula is C9H16N2O3S. The summed E-state index contributed by atoms with van der Waals surface area (Å²) in [5.74, 6) is 1.50. The van der Waals surface area contributed by atoms with Crippen LogP contribution in [0.3, 0.4) is 0 Å². The number of carbonyl (C=O) groups is 1. The van der Waals surface area contributed by atoms with Gasteiger partial charge in [-0.05, 0) is 12.8 Å². The second-order valence-corrected chi connectivity index (χ2v) is 5.70. The Labute approximate surface area is 90.0 Å². The van der Waals surface area contributed by atoms with Crippen molar-refractivity contribution in [2.24, 2.45) is 5.73 Å². The molecule has 4 N–H and O–H groups in total. The number of nitrogens with two attached hydrogens (primary N) is 1. The van der Waals surface area contributed by atoms with E-state index in [4.69, 9.17) is 22.0 Å². The van der Waals surface area contributed by atoms with E-state index in [-0.39, 0.29) is 17.9 Å². The molecule has 86 valence electrons. The number of carboxylic acids is 1. The fraction of sp³-hybridized carbons (Fsp3) is 0.667. The topological polar surface area (TPSA) is 104 Å². The highest BCUT2D eigenvalue weighted by Crippen LogP contribution is 2.02. The van der Waals surface area contributed by atoms with Gasteiger partial charge in [0.05, 0.1) is 0 Å². The van der Waals surface area contributed by atoms with Gasteiger partial charge in [0, 0.05) is 27.7 Å². The van der Waals surface area contributed by atoms with Crippen molar-refractivity contribution in [3.63, 3.8) is 0 Å². The van der Waals surface area contributed by atoms with Crippen LogP contribution in [-0.4, -0.2) is 32.8 Å². The number of hydrogen-bond donors (Lipinski definition) is 3. The minimum absolute atomic E-state index is 0.0189. The van der Waals surface area contributed by atoms with Gasteiger partial charge in [-0.1, -0.05) is 0 Å². The molecule has 0 rings (SSSR count). The molecule has 0 fully saturated rings. The first-order valence-electron chi connectivity index (χ1n) is 4.55. The predicted molar refractivity (Wildman–Crippen MR) is 58.9 cm³/mol. The van der Waals surface area contributed by atoms with Crippen LogP contribution >= 0.6 is 0 Å². The Hall–Kier alpha value is -1.06. The van der Waals surface area contributed by atoms with Gasteiger partial charge in [0.1, 0.15) is 6.04 Å². The van der Waals surface area contributed by atoms with Crippen LogP contribution in [0.4, 0.5) is 0 Å². The van der Waals surface area contributed by atoms with E-state index >= 15 is 0 Å². The normalized spacial score (nSPS) is 16.3. The Kier molecular flexibility index (Phi) is 5.97. The highest BCUT2D eigenvalue weighted by molar-refractivity contribution is 7.92. The first-order valence-corrected chi connectivity index (χ1v) is 6.44. The molecule has 0 aromatic rings. The van der Waals surface area contributed by atoms with Crippen molar-refractivity contribution < 1.29 is 14.1 Å². The number of carboxylic acid groups (broad SMARTS) is 1. The molecule has 0 amide bonds. The van der Waals surface area contributed by atoms with E-state index in [0.29, 0.717) is 12.8 Å². The molecule has 6 heteroatoms. The SMILES string of the molecule is C#CCCCS(=N)(=O)CC[C@H](N)C(=O)O. The highest BCUT2D eigenvalue weighted by atomic mass is 32.2. The van der Waals surface area contributed by atoms with Crippen LogP contribution in [-0.2, 0) is 14.5 Å². The van der Waals surface area contributed by atoms with Gasteiger partial charge >= 0.3 is 5.97 Å². The Morgan fingerprint density at radius 1 is 1.60 bits per heavy atom. The molecule has 0 aromatic carbocycles. The first kappa shape index (κ1) is 13.9. The van der Waals surface area contributed by atoms with Gasteiger partial charge in [-0.15, -0.1) is 12.3 Å². The summed E-state index contributed by atoms with van der Waals surface area (Å²) in [5, 5.41) is 8.49. The summed E-state index contributed by atoms with van der Waals surface area (Å²) in [4.78, 5) is 10.4. The molecule has 0 aliphatic carbocycles. The summed E-state index contributed by atoms with van der Waals surface area (Å²) >= 11 is 0. The average molecular weight is 232 g/mol. The second kappa shape index (κ2) is 6.43. The van der Waals surface area contributed by atoms with E-state index in [1.54, 1.807) is 0 Å². The van der Waals surface area contributed by atoms with Crippen molar-refractivity contribution in [2.75, 3.05) is 11.5 Å². The number of aliphatic carboxylic acids is 1. The van der Waals surface area contributed by atoms with Gasteiger partial charge in [0.15, 0.2) is 0 Å². The van der Waals surface area contributed by atoms with Gasteiger partial charge < -0.3 is 10.8 Å². The number of rotatable bonds is 7. The molecule has 0 saturated heterocycles. The van der Waals surface area contributed by atoms with Crippen LogP contribution < -0.4 is 5.73 Å². The molecule has 0 bridgehead atoms. The van der Waals surface area contributed by atoms with Crippen LogP contribution in [0.2, 0.25) is 0 Å². The summed E-state index contributed by atoms with van der Waals surface area (Å²) in [6.45, 7) is 0. The molecule has 0 radical (unpaired) electrons. The van der Waals surface area contributed by atoms with Crippen molar-refractivity contribution >= 4 is 15.7 Å². The van der Waals surface area contributed by atoms with Crippen molar-refractivity contribution in [2.45, 2.75) is 25.3 Å². The maximum Gasteiger partial charge on any atom is 0.320 e. The third-order valence-electron chi connectivity index (χ3n) is 1.87. The summed E-state index contributed by atoms with van der Waals surface area (Å²) in [5.41, 5.74) is 5.24. The Morgan fingerprint density at radius 2 is 2.20 bits per heavy atom. The average Bonchev–Trinajstić information content (AvgIpc) is 2.14. The third kappa shape index (κ3) is 6.94. The molecule has 1 unspecified atom stereocenters. The largest absolute Gasteiger partial charge is 0.480 e. The van der Waals surface area contributed by atoms with Gasteiger partial charge in [0.25, 0.3) is 0 Å². The lowest BCUT2D eigenvalue weighted by Gasteiger charge is -2.08. The maximum atomic E-state index is 11.5. The Morgan fingerprint density at radius 3 is 2.67 bits per heavy atom. The standard InChI is InChI=1S/C9H16N2O3S/c1-2-3-4-6-15(11,14)7-5-8(10)9(12)13/h1,8,11H,3-7,10H2,(H,12,13)/t8-,15?/m0/s1. The Balaban J connectivity index is 3.95. The lowest BCUT2D eigenvalue weighted by atomic mass is 10.2. The molecule has 2 atom stereocenters. The molecular weight excluding hydrogens is 216 g/mol. The molecule has 0 heterocycles. The van der Waals surface area contributed by atoms with Crippen molar-refractivity contribution in [1.29, 1.82) is 4.78 Å². The summed E-state index contributed by atoms with van der Waals surface area (Å²) in [6, 6.07) is -1.04. The molecule has 0 spiro atoms. The molecule has 15 heavy (non-hydrogen) atoms. The number of nitrogens with one attached hydrogen (secondary N) is 1. The van der Waals surface area contributed by atoms with Crippen molar-refractivity contribution in [3.8, 4) is 12.3 Å². The van der Waals surface area contributed by atoms with E-state index in [1.807, 2.05) is 0 Å². The predicted octanol–water partition coefficient (Wildman–Crippen LogP) is 0.249.